The lowest BCUT2D eigenvalue weighted by atomic mass is 10.1. The highest BCUT2D eigenvalue weighted by Gasteiger charge is 2.30. The van der Waals surface area contributed by atoms with Crippen molar-refractivity contribution in [1.82, 2.24) is 9.97 Å². The first-order chi connectivity index (χ1) is 11.9. The monoisotopic (exact) mass is 366 g/mol. The van der Waals surface area contributed by atoms with E-state index in [1.54, 1.807) is 0 Å². The molecule has 0 aliphatic heterocycles. The molecule has 1 unspecified atom stereocenters. The molecule has 1 aromatic carbocycles. The summed E-state index contributed by atoms with van der Waals surface area (Å²) in [6, 6.07) is 4.88. The van der Waals surface area contributed by atoms with Crippen LogP contribution in [0.25, 0.3) is 0 Å². The average Bonchev–Trinajstić information content (AvgIpc) is 2.58. The Hall–Kier alpha value is -2.54. The number of nitrogens with zero attached hydrogens (tertiary/aromatic N) is 2. The van der Waals surface area contributed by atoms with Crippen LogP contribution in [0.15, 0.2) is 54.8 Å². The van der Waals surface area contributed by atoms with Crippen LogP contribution in [-0.4, -0.2) is 16.0 Å². The van der Waals surface area contributed by atoms with E-state index in [1.165, 1.54) is 18.3 Å². The fourth-order valence-corrected chi connectivity index (χ4v) is 2.43. The number of hydrogen-bond donors (Lipinski definition) is 2. The molecule has 0 spiro atoms. The molecule has 1 atom stereocenters. The Morgan fingerprint density at radius 1 is 1.20 bits per heavy atom. The van der Waals surface area contributed by atoms with Crippen LogP contribution in [0.3, 0.4) is 0 Å². The zero-order valence-corrected chi connectivity index (χ0v) is 13.6. The number of nitrogens with one attached hydrogen (secondary N) is 2. The molecule has 0 amide bonds. The molecule has 130 valence electrons. The summed E-state index contributed by atoms with van der Waals surface area (Å²) in [7, 11) is 0. The molecular weight excluding hydrogens is 353 g/mol. The minimum absolute atomic E-state index is 0.0487. The second kappa shape index (κ2) is 7.14. The Morgan fingerprint density at radius 2 is 2.04 bits per heavy atom. The lowest BCUT2D eigenvalue weighted by molar-refractivity contribution is -0.137. The van der Waals surface area contributed by atoms with Crippen molar-refractivity contribution in [3.05, 3.63) is 65.4 Å². The summed E-state index contributed by atoms with van der Waals surface area (Å²) in [6.07, 6.45) is 5.61. The molecule has 0 saturated carbocycles. The lowest BCUT2D eigenvalue weighted by Gasteiger charge is -2.16. The van der Waals surface area contributed by atoms with Gasteiger partial charge in [-0.15, -0.1) is 0 Å². The summed E-state index contributed by atoms with van der Waals surface area (Å²) >= 11 is 6.06. The van der Waals surface area contributed by atoms with Gasteiger partial charge >= 0.3 is 6.18 Å². The summed E-state index contributed by atoms with van der Waals surface area (Å²) < 4.78 is 38.4. The van der Waals surface area contributed by atoms with Crippen LogP contribution in [-0.2, 0) is 6.18 Å². The second-order valence-electron chi connectivity index (χ2n) is 5.39. The number of benzene rings is 1. The van der Waals surface area contributed by atoms with E-state index >= 15 is 0 Å². The second-order valence-corrected chi connectivity index (χ2v) is 5.80. The summed E-state index contributed by atoms with van der Waals surface area (Å²) in [6.45, 7) is 0. The normalized spacial score (nSPS) is 16.7. The maximum atomic E-state index is 12.8. The first kappa shape index (κ1) is 17.3. The van der Waals surface area contributed by atoms with Gasteiger partial charge in [-0.1, -0.05) is 42.0 Å². The van der Waals surface area contributed by atoms with Crippen LogP contribution in [0.2, 0.25) is 5.02 Å². The van der Waals surface area contributed by atoms with E-state index in [4.69, 9.17) is 11.6 Å². The van der Waals surface area contributed by atoms with Crippen LogP contribution in [0.5, 0.6) is 0 Å². The van der Waals surface area contributed by atoms with Crippen LogP contribution >= 0.6 is 11.6 Å². The third kappa shape index (κ3) is 4.51. The molecule has 0 saturated heterocycles. The van der Waals surface area contributed by atoms with Gasteiger partial charge in [0, 0.05) is 5.69 Å². The molecule has 1 aliphatic carbocycles. The zero-order chi connectivity index (χ0) is 17.9. The maximum Gasteiger partial charge on any atom is 0.416 e. The molecule has 1 aromatic heterocycles. The van der Waals surface area contributed by atoms with E-state index in [-0.39, 0.29) is 22.6 Å². The molecule has 2 aromatic rings. The van der Waals surface area contributed by atoms with Crippen molar-refractivity contribution in [1.29, 1.82) is 0 Å². The fourth-order valence-electron chi connectivity index (χ4n) is 2.29. The maximum absolute atomic E-state index is 12.8. The van der Waals surface area contributed by atoms with Gasteiger partial charge in [0.05, 0.1) is 17.8 Å². The molecule has 3 rings (SSSR count). The average molecular weight is 367 g/mol. The summed E-state index contributed by atoms with van der Waals surface area (Å²) in [5.74, 6) is 0.567. The number of aromatic nitrogens is 2. The van der Waals surface area contributed by atoms with Gasteiger partial charge in [-0.25, -0.2) is 4.98 Å². The van der Waals surface area contributed by atoms with Crippen LogP contribution in [0, 0.1) is 0 Å². The molecule has 0 radical (unpaired) electrons. The van der Waals surface area contributed by atoms with Crippen molar-refractivity contribution >= 4 is 29.1 Å². The molecule has 8 heteroatoms. The van der Waals surface area contributed by atoms with Gasteiger partial charge in [-0.05, 0) is 24.6 Å². The molecule has 0 fully saturated rings. The Bertz CT molecular complexity index is 818. The Kier molecular flexibility index (Phi) is 4.94. The molecule has 1 heterocycles. The van der Waals surface area contributed by atoms with Crippen molar-refractivity contribution in [2.45, 2.75) is 18.6 Å². The largest absolute Gasteiger partial charge is 0.416 e. The van der Waals surface area contributed by atoms with Crippen LogP contribution < -0.4 is 10.6 Å². The number of alkyl halides is 3. The molecule has 25 heavy (non-hydrogen) atoms. The fraction of sp³-hybridized carbons (Fsp3) is 0.176. The van der Waals surface area contributed by atoms with Gasteiger partial charge in [-0.3, -0.25) is 0 Å². The Labute approximate surface area is 147 Å². The number of allylic oxidation sites excluding steroid dienone is 2. The van der Waals surface area contributed by atoms with Gasteiger partial charge in [0.25, 0.3) is 0 Å². The highest BCUT2D eigenvalue weighted by molar-refractivity contribution is 6.32. The number of anilines is 3. The molecule has 1 aliphatic rings. The predicted octanol–water partition coefficient (Wildman–Crippen LogP) is 5.19. The van der Waals surface area contributed by atoms with E-state index in [9.17, 15) is 13.2 Å². The van der Waals surface area contributed by atoms with Crippen molar-refractivity contribution in [3.63, 3.8) is 0 Å². The first-order valence-corrected chi connectivity index (χ1v) is 7.86. The van der Waals surface area contributed by atoms with Crippen molar-refractivity contribution in [2.75, 3.05) is 10.6 Å². The molecular formula is C17H14ClF3N4. The highest BCUT2D eigenvalue weighted by Crippen LogP contribution is 2.32. The minimum Gasteiger partial charge on any atom is -0.348 e. The van der Waals surface area contributed by atoms with E-state index < -0.39 is 11.7 Å². The van der Waals surface area contributed by atoms with Gasteiger partial charge in [0.1, 0.15) is 5.02 Å². The third-order valence-electron chi connectivity index (χ3n) is 3.49. The quantitative estimate of drug-likeness (QED) is 0.782. The summed E-state index contributed by atoms with van der Waals surface area (Å²) in [4.78, 5) is 8.35. The SMILES string of the molecule is FC(F)(F)c1cccc(Nc2nc(NC3C=CC=CC3)ncc2Cl)c1. The van der Waals surface area contributed by atoms with Gasteiger partial charge in [0.2, 0.25) is 5.95 Å². The smallest absolute Gasteiger partial charge is 0.348 e. The molecule has 4 nitrogen and oxygen atoms in total. The molecule has 2 N–H and O–H groups in total. The first-order valence-electron chi connectivity index (χ1n) is 7.48. The van der Waals surface area contributed by atoms with Crippen LogP contribution in [0.4, 0.5) is 30.6 Å². The van der Waals surface area contributed by atoms with E-state index in [0.717, 1.165) is 18.6 Å². The predicted molar refractivity (Wildman–Crippen MR) is 92.1 cm³/mol. The topological polar surface area (TPSA) is 49.8 Å². The van der Waals surface area contributed by atoms with E-state index in [0.29, 0.717) is 5.95 Å². The third-order valence-corrected chi connectivity index (χ3v) is 3.77. The Morgan fingerprint density at radius 3 is 2.76 bits per heavy atom. The van der Waals surface area contributed by atoms with Crippen molar-refractivity contribution in [3.8, 4) is 0 Å². The van der Waals surface area contributed by atoms with Crippen LogP contribution in [0.1, 0.15) is 12.0 Å². The summed E-state index contributed by atoms with van der Waals surface area (Å²) in [5, 5.41) is 6.15. The molecule has 0 bridgehead atoms. The van der Waals surface area contributed by atoms with Crippen molar-refractivity contribution in [2.24, 2.45) is 0 Å². The number of halogens is 4. The minimum atomic E-state index is -4.42. The van der Waals surface area contributed by atoms with Gasteiger partial charge in [-0.2, -0.15) is 18.2 Å². The highest BCUT2D eigenvalue weighted by atomic mass is 35.5. The van der Waals surface area contributed by atoms with E-state index in [1.807, 2.05) is 24.3 Å². The Balaban J connectivity index is 1.79. The van der Waals surface area contributed by atoms with Crippen molar-refractivity contribution < 1.29 is 13.2 Å². The summed E-state index contributed by atoms with van der Waals surface area (Å²) in [5.41, 5.74) is -0.512. The number of hydrogen-bond acceptors (Lipinski definition) is 4. The van der Waals surface area contributed by atoms with E-state index in [2.05, 4.69) is 20.6 Å². The zero-order valence-electron chi connectivity index (χ0n) is 12.9. The van der Waals surface area contributed by atoms with Gasteiger partial charge in [0.15, 0.2) is 5.82 Å². The standard InChI is InChI=1S/C17H14ClF3N4/c18-14-10-22-16(24-12-6-2-1-3-7-12)25-15(14)23-13-8-4-5-11(9-13)17(19,20)21/h1-6,8-10,12H,7H2,(H2,22,23,24,25). The lowest BCUT2D eigenvalue weighted by Crippen LogP contribution is -2.19. The number of rotatable bonds is 4. The van der Waals surface area contributed by atoms with Gasteiger partial charge < -0.3 is 10.6 Å².